The number of Topliss-reactive ketones (excluding diaryl/α,β-unsaturated/α-hetero) is 1. The molecule has 1 aromatic rings. The van der Waals surface area contributed by atoms with Crippen molar-refractivity contribution in [1.82, 2.24) is 10.6 Å². The predicted molar refractivity (Wildman–Crippen MR) is 126 cm³/mol. The highest BCUT2D eigenvalue weighted by Crippen LogP contribution is 2.08. The number of benzene rings is 1. The van der Waals surface area contributed by atoms with Gasteiger partial charge in [-0.1, -0.05) is 65.8 Å². The van der Waals surface area contributed by atoms with Crippen molar-refractivity contribution in [2.45, 2.75) is 87.0 Å². The highest BCUT2D eigenvalue weighted by Gasteiger charge is 2.06. The van der Waals surface area contributed by atoms with Gasteiger partial charge in [-0.05, 0) is 30.9 Å². The van der Waals surface area contributed by atoms with E-state index in [0.717, 1.165) is 24.2 Å². The van der Waals surface area contributed by atoms with E-state index >= 15 is 0 Å². The van der Waals surface area contributed by atoms with Gasteiger partial charge in [-0.15, -0.1) is 0 Å². The first kappa shape index (κ1) is 28.3. The van der Waals surface area contributed by atoms with Crippen molar-refractivity contribution in [3.63, 3.8) is 0 Å². The molecule has 0 spiro atoms. The normalized spacial score (nSPS) is 11.1. The average molecular weight is 421 g/mol. The molecular weight excluding hydrogens is 376 g/mol. The molecule has 1 aromatic carbocycles. The summed E-state index contributed by atoms with van der Waals surface area (Å²) in [6, 6.07) is 8.51. The minimum atomic E-state index is 0.0832. The third-order valence-corrected chi connectivity index (χ3v) is 4.25. The van der Waals surface area contributed by atoms with Gasteiger partial charge in [0.2, 0.25) is 5.91 Å². The number of ether oxygens (including phenoxy) is 1. The minimum Gasteiger partial charge on any atom is -0.374 e. The highest BCUT2D eigenvalue weighted by molar-refractivity contribution is 5.80. The Morgan fingerprint density at radius 1 is 0.900 bits per heavy atom. The van der Waals surface area contributed by atoms with Gasteiger partial charge in [0.05, 0.1) is 19.1 Å². The third-order valence-electron chi connectivity index (χ3n) is 4.25. The third kappa shape index (κ3) is 16.1. The lowest BCUT2D eigenvalue weighted by Gasteiger charge is -2.09. The molecule has 0 aliphatic heterocycles. The van der Waals surface area contributed by atoms with Crippen molar-refractivity contribution in [1.29, 1.82) is 0 Å². The van der Waals surface area contributed by atoms with Gasteiger partial charge in [0.1, 0.15) is 5.78 Å². The summed E-state index contributed by atoms with van der Waals surface area (Å²) in [5, 5.41) is 6.13. The van der Waals surface area contributed by atoms with E-state index in [1.165, 1.54) is 0 Å². The van der Waals surface area contributed by atoms with Crippen molar-refractivity contribution in [2.24, 2.45) is 11.8 Å². The van der Waals surface area contributed by atoms with Gasteiger partial charge in [0, 0.05) is 31.5 Å². The Balaban J connectivity index is 0.000000654. The Hall–Kier alpha value is -1.72. The van der Waals surface area contributed by atoms with E-state index in [9.17, 15) is 9.59 Å². The van der Waals surface area contributed by atoms with Gasteiger partial charge in [-0.25, -0.2) is 0 Å². The molecular formula is C25H44N2O3. The first-order valence-corrected chi connectivity index (χ1v) is 11.2. The van der Waals surface area contributed by atoms with Gasteiger partial charge in [0.15, 0.2) is 0 Å². The van der Waals surface area contributed by atoms with Crippen molar-refractivity contribution in [3.8, 4) is 0 Å². The van der Waals surface area contributed by atoms with Crippen LogP contribution in [0.4, 0.5) is 0 Å². The summed E-state index contributed by atoms with van der Waals surface area (Å²) in [6.45, 7) is 18.4. The Kier molecular flexibility index (Phi) is 15.1. The largest absolute Gasteiger partial charge is 0.374 e. The average Bonchev–Trinajstić information content (AvgIpc) is 2.66. The van der Waals surface area contributed by atoms with Gasteiger partial charge in [-0.2, -0.15) is 0 Å². The molecule has 0 unspecified atom stereocenters. The van der Waals surface area contributed by atoms with E-state index in [1.54, 1.807) is 0 Å². The van der Waals surface area contributed by atoms with Gasteiger partial charge in [-0.3, -0.25) is 9.59 Å². The molecule has 0 radical (unpaired) electrons. The van der Waals surface area contributed by atoms with Crippen LogP contribution in [0, 0.1) is 11.8 Å². The Labute approximate surface area is 184 Å². The molecule has 0 aromatic heterocycles. The quantitative estimate of drug-likeness (QED) is 0.521. The number of nitrogens with one attached hydrogen (secondary N) is 2. The van der Waals surface area contributed by atoms with Crippen molar-refractivity contribution in [2.75, 3.05) is 13.1 Å². The molecule has 5 nitrogen and oxygen atoms in total. The van der Waals surface area contributed by atoms with Gasteiger partial charge in [0.25, 0.3) is 0 Å². The van der Waals surface area contributed by atoms with E-state index in [2.05, 4.69) is 38.3 Å². The van der Waals surface area contributed by atoms with E-state index < -0.39 is 0 Å². The van der Waals surface area contributed by atoms with E-state index in [1.807, 2.05) is 52.0 Å². The summed E-state index contributed by atoms with van der Waals surface area (Å²) in [5.74, 6) is 1.10. The molecule has 0 saturated heterocycles. The fourth-order valence-electron chi connectivity index (χ4n) is 2.35. The van der Waals surface area contributed by atoms with Crippen LogP contribution in [0.2, 0.25) is 0 Å². The lowest BCUT2D eigenvalue weighted by molar-refractivity contribution is -0.122. The molecule has 0 aliphatic rings. The fraction of sp³-hybridized carbons (Fsp3) is 0.680. The second-order valence-electron chi connectivity index (χ2n) is 9.03. The lowest BCUT2D eigenvalue weighted by Crippen LogP contribution is -2.28. The van der Waals surface area contributed by atoms with Crippen LogP contribution >= 0.6 is 0 Å². The molecule has 172 valence electrons. The number of rotatable bonds is 12. The van der Waals surface area contributed by atoms with Crippen LogP contribution in [-0.4, -0.2) is 36.9 Å². The molecule has 0 atom stereocenters. The van der Waals surface area contributed by atoms with E-state index in [0.29, 0.717) is 37.2 Å². The maximum Gasteiger partial charge on any atom is 0.224 e. The summed E-state index contributed by atoms with van der Waals surface area (Å²) < 4.78 is 5.53. The number of amides is 1. The summed E-state index contributed by atoms with van der Waals surface area (Å²) in [7, 11) is 0. The standard InChI is InChI=1S/C16H25NO2.C9H19NO/c1-12(2)10-17-16(18)9-14-5-7-15(8-6-14)11-19-13(3)4;1-7(2)9(11)5-6-10-8(3)4/h5-8,12-13H,9-11H2,1-4H3,(H,17,18);7-8,10H,5-6H2,1-4H3. The summed E-state index contributed by atoms with van der Waals surface area (Å²) in [6.07, 6.45) is 1.34. The smallest absolute Gasteiger partial charge is 0.224 e. The second-order valence-corrected chi connectivity index (χ2v) is 9.03. The SMILES string of the molecule is CC(C)CNC(=O)Cc1ccc(COC(C)C)cc1.CC(C)NCCC(=O)C(C)C. The monoisotopic (exact) mass is 420 g/mol. The summed E-state index contributed by atoms with van der Waals surface area (Å²) >= 11 is 0. The molecule has 0 saturated carbocycles. The zero-order valence-corrected chi connectivity index (χ0v) is 20.4. The topological polar surface area (TPSA) is 67.4 Å². The molecule has 0 bridgehead atoms. The maximum atomic E-state index is 11.7. The van der Waals surface area contributed by atoms with Crippen molar-refractivity contribution < 1.29 is 14.3 Å². The van der Waals surface area contributed by atoms with Crippen LogP contribution in [0.5, 0.6) is 0 Å². The lowest BCUT2D eigenvalue weighted by atomic mass is 10.1. The number of hydrogen-bond acceptors (Lipinski definition) is 4. The van der Waals surface area contributed by atoms with Crippen molar-refractivity contribution >= 4 is 11.7 Å². The predicted octanol–water partition coefficient (Wildman–Crippen LogP) is 4.53. The van der Waals surface area contributed by atoms with Crippen molar-refractivity contribution in [3.05, 3.63) is 35.4 Å². The Bertz CT molecular complexity index is 593. The van der Waals surface area contributed by atoms with Crippen LogP contribution in [0.1, 0.15) is 72.9 Å². The first-order chi connectivity index (χ1) is 14.0. The molecule has 30 heavy (non-hydrogen) atoms. The maximum absolute atomic E-state index is 11.7. The Morgan fingerprint density at radius 3 is 1.93 bits per heavy atom. The molecule has 5 heteroatoms. The number of ketones is 1. The highest BCUT2D eigenvalue weighted by atomic mass is 16.5. The van der Waals surface area contributed by atoms with E-state index in [-0.39, 0.29) is 17.9 Å². The van der Waals surface area contributed by atoms with Gasteiger partial charge >= 0.3 is 0 Å². The van der Waals surface area contributed by atoms with Crippen LogP contribution in [0.25, 0.3) is 0 Å². The van der Waals surface area contributed by atoms with Gasteiger partial charge < -0.3 is 15.4 Å². The molecule has 1 rings (SSSR count). The minimum absolute atomic E-state index is 0.0832. The fourth-order valence-corrected chi connectivity index (χ4v) is 2.35. The number of carbonyl (C=O) groups excluding carboxylic acids is 2. The number of hydrogen-bond donors (Lipinski definition) is 2. The van der Waals surface area contributed by atoms with E-state index in [4.69, 9.17) is 4.74 Å². The molecule has 0 fully saturated rings. The van der Waals surface area contributed by atoms with Crippen LogP contribution < -0.4 is 10.6 Å². The summed E-state index contributed by atoms with van der Waals surface area (Å²) in [4.78, 5) is 22.8. The van der Waals surface area contributed by atoms with Crippen LogP contribution in [0.15, 0.2) is 24.3 Å². The zero-order valence-electron chi connectivity index (χ0n) is 20.4. The molecule has 1 amide bonds. The first-order valence-electron chi connectivity index (χ1n) is 11.2. The van der Waals surface area contributed by atoms with Crippen LogP contribution in [0.3, 0.4) is 0 Å². The summed E-state index contributed by atoms with van der Waals surface area (Å²) in [5.41, 5.74) is 2.18. The van der Waals surface area contributed by atoms with Crippen LogP contribution in [-0.2, 0) is 27.4 Å². The second kappa shape index (κ2) is 16.0. The zero-order chi connectivity index (χ0) is 23.1. The number of carbonyl (C=O) groups is 2. The Morgan fingerprint density at radius 2 is 1.47 bits per heavy atom. The molecule has 0 heterocycles. The molecule has 0 aliphatic carbocycles. The molecule has 2 N–H and O–H groups in total.